The van der Waals surface area contributed by atoms with Crippen LogP contribution in [0.5, 0.6) is 0 Å². The number of carbonyl (C=O) groups is 3. The van der Waals surface area contributed by atoms with Gasteiger partial charge in [-0.1, -0.05) is 29.8 Å². The number of amides is 3. The summed E-state index contributed by atoms with van der Waals surface area (Å²) in [6.07, 6.45) is 2.85. The van der Waals surface area contributed by atoms with E-state index in [2.05, 4.69) is 10.6 Å². The molecule has 7 heteroatoms. The Balaban J connectivity index is 1.41. The number of likely N-dealkylation sites (tertiary alicyclic amines) is 1. The molecule has 1 aromatic rings. The lowest BCUT2D eigenvalue weighted by molar-refractivity contribution is -0.140. The molecule has 2 aliphatic rings. The number of hydrogen-bond acceptors (Lipinski definition) is 4. The van der Waals surface area contributed by atoms with Crippen molar-refractivity contribution in [2.24, 2.45) is 0 Å². The second kappa shape index (κ2) is 9.68. The van der Waals surface area contributed by atoms with Crippen LogP contribution < -0.4 is 10.6 Å². The van der Waals surface area contributed by atoms with Crippen molar-refractivity contribution < 1.29 is 14.4 Å². The largest absolute Gasteiger partial charge is 0.347 e. The molecule has 1 unspecified atom stereocenters. The van der Waals surface area contributed by atoms with Gasteiger partial charge in [0.25, 0.3) is 0 Å². The van der Waals surface area contributed by atoms with Crippen LogP contribution in [-0.4, -0.2) is 72.8 Å². The van der Waals surface area contributed by atoms with Gasteiger partial charge < -0.3 is 20.4 Å². The monoisotopic (exact) mass is 386 g/mol. The first kappa shape index (κ1) is 20.3. The van der Waals surface area contributed by atoms with Crippen molar-refractivity contribution in [3.8, 4) is 0 Å². The average Bonchev–Trinajstić information content (AvgIpc) is 2.72. The van der Waals surface area contributed by atoms with E-state index in [1.165, 1.54) is 5.56 Å². The Morgan fingerprint density at radius 1 is 1.21 bits per heavy atom. The maximum absolute atomic E-state index is 12.5. The zero-order chi connectivity index (χ0) is 19.9. The van der Waals surface area contributed by atoms with E-state index in [1.54, 1.807) is 4.90 Å². The van der Waals surface area contributed by atoms with Crippen LogP contribution in [0.3, 0.4) is 0 Å². The van der Waals surface area contributed by atoms with Gasteiger partial charge in [-0.25, -0.2) is 0 Å². The van der Waals surface area contributed by atoms with Gasteiger partial charge in [0.1, 0.15) is 0 Å². The average molecular weight is 386 g/mol. The Hall–Kier alpha value is -2.41. The molecule has 2 fully saturated rings. The molecular weight excluding hydrogens is 356 g/mol. The second-order valence-electron chi connectivity index (χ2n) is 7.66. The minimum absolute atomic E-state index is 0.0228. The summed E-state index contributed by atoms with van der Waals surface area (Å²) in [6, 6.07) is 8.21. The van der Waals surface area contributed by atoms with Crippen LogP contribution in [0, 0.1) is 6.92 Å². The lowest BCUT2D eigenvalue weighted by Gasteiger charge is -2.41. The highest BCUT2D eigenvalue weighted by Gasteiger charge is 2.31. The molecule has 2 heterocycles. The Labute approximate surface area is 166 Å². The molecule has 1 atom stereocenters. The summed E-state index contributed by atoms with van der Waals surface area (Å²) in [7, 11) is 0. The van der Waals surface area contributed by atoms with Crippen molar-refractivity contribution in [3.05, 3.63) is 35.4 Å². The molecule has 2 N–H and O–H groups in total. The third-order valence-electron chi connectivity index (χ3n) is 5.51. The fourth-order valence-corrected chi connectivity index (χ4v) is 3.83. The van der Waals surface area contributed by atoms with Crippen molar-refractivity contribution >= 4 is 17.7 Å². The zero-order valence-corrected chi connectivity index (χ0v) is 16.6. The minimum Gasteiger partial charge on any atom is -0.347 e. The first-order valence-corrected chi connectivity index (χ1v) is 10.1. The predicted octanol–water partition coefficient (Wildman–Crippen LogP) is 0.467. The second-order valence-corrected chi connectivity index (χ2v) is 7.66. The fourth-order valence-electron chi connectivity index (χ4n) is 3.83. The summed E-state index contributed by atoms with van der Waals surface area (Å²) >= 11 is 0. The normalized spacial score (nSPS) is 20.2. The van der Waals surface area contributed by atoms with Crippen molar-refractivity contribution in [2.45, 2.75) is 38.6 Å². The first-order valence-electron chi connectivity index (χ1n) is 10.1. The maximum Gasteiger partial charge on any atom is 0.242 e. The van der Waals surface area contributed by atoms with E-state index in [4.69, 9.17) is 0 Å². The predicted molar refractivity (Wildman–Crippen MR) is 107 cm³/mol. The van der Waals surface area contributed by atoms with Crippen molar-refractivity contribution in [1.82, 2.24) is 20.4 Å². The number of carbonyl (C=O) groups excluding carboxylic acids is 3. The van der Waals surface area contributed by atoms with E-state index in [0.29, 0.717) is 39.0 Å². The molecule has 2 saturated heterocycles. The molecule has 3 rings (SSSR count). The van der Waals surface area contributed by atoms with Crippen molar-refractivity contribution in [3.63, 3.8) is 0 Å². The Morgan fingerprint density at radius 2 is 2.00 bits per heavy atom. The van der Waals surface area contributed by atoms with Gasteiger partial charge in [0.15, 0.2) is 0 Å². The first-order chi connectivity index (χ1) is 13.5. The van der Waals surface area contributed by atoms with Gasteiger partial charge in [0.05, 0.1) is 13.1 Å². The van der Waals surface area contributed by atoms with Crippen LogP contribution in [0.15, 0.2) is 24.3 Å². The highest BCUT2D eigenvalue weighted by molar-refractivity contribution is 5.85. The smallest absolute Gasteiger partial charge is 0.242 e. The van der Waals surface area contributed by atoms with Crippen LogP contribution in [0.2, 0.25) is 0 Å². The van der Waals surface area contributed by atoms with Crippen LogP contribution >= 0.6 is 0 Å². The summed E-state index contributed by atoms with van der Waals surface area (Å²) in [4.78, 5) is 40.4. The van der Waals surface area contributed by atoms with Crippen molar-refractivity contribution in [2.75, 3.05) is 39.3 Å². The quantitative estimate of drug-likeness (QED) is 0.745. The van der Waals surface area contributed by atoms with Crippen molar-refractivity contribution in [1.29, 1.82) is 0 Å². The standard InChI is InChI=1S/C21H30N4O3/c1-16-4-6-17(7-5-16)8-9-19(26)23-14-20(27)24-11-2-3-18(15-24)25-12-10-22-13-21(25)28/h4-7,18,22H,2-3,8-15H2,1H3,(H,23,26). The van der Waals surface area contributed by atoms with E-state index in [9.17, 15) is 14.4 Å². The summed E-state index contributed by atoms with van der Waals surface area (Å²) < 4.78 is 0. The Kier molecular flexibility index (Phi) is 7.03. The number of piperazine rings is 1. The van der Waals surface area contributed by atoms with Crippen LogP contribution in [-0.2, 0) is 20.8 Å². The Morgan fingerprint density at radius 3 is 2.75 bits per heavy atom. The van der Waals surface area contributed by atoms with E-state index in [0.717, 1.165) is 24.9 Å². The van der Waals surface area contributed by atoms with Gasteiger partial charge in [-0.3, -0.25) is 14.4 Å². The molecule has 0 radical (unpaired) electrons. The number of nitrogens with zero attached hydrogens (tertiary/aromatic N) is 2. The molecule has 0 aliphatic carbocycles. The molecule has 7 nitrogen and oxygen atoms in total. The van der Waals surface area contributed by atoms with Crippen LogP contribution in [0.1, 0.15) is 30.4 Å². The summed E-state index contributed by atoms with van der Waals surface area (Å²) in [5, 5.41) is 5.82. The molecule has 0 saturated carbocycles. The van der Waals surface area contributed by atoms with Crippen LogP contribution in [0.25, 0.3) is 0 Å². The SMILES string of the molecule is Cc1ccc(CCC(=O)NCC(=O)N2CCCC(N3CCNCC3=O)C2)cc1. The lowest BCUT2D eigenvalue weighted by Crippen LogP contribution is -2.58. The number of rotatable bonds is 6. The Bertz CT molecular complexity index is 704. The minimum atomic E-state index is -0.111. The number of piperidine rings is 1. The van der Waals surface area contributed by atoms with E-state index >= 15 is 0 Å². The van der Waals surface area contributed by atoms with E-state index in [-0.39, 0.29) is 30.3 Å². The summed E-state index contributed by atoms with van der Waals surface area (Å²) in [5.74, 6) is -0.0781. The fraction of sp³-hybridized carbons (Fsp3) is 0.571. The molecule has 2 aliphatic heterocycles. The molecular formula is C21H30N4O3. The molecule has 152 valence electrons. The zero-order valence-electron chi connectivity index (χ0n) is 16.6. The highest BCUT2D eigenvalue weighted by Crippen LogP contribution is 2.17. The van der Waals surface area contributed by atoms with E-state index < -0.39 is 0 Å². The number of aryl methyl sites for hydroxylation is 2. The van der Waals surface area contributed by atoms with E-state index in [1.807, 2.05) is 36.1 Å². The topological polar surface area (TPSA) is 81.8 Å². The van der Waals surface area contributed by atoms with Gasteiger partial charge in [-0.2, -0.15) is 0 Å². The number of nitrogens with one attached hydrogen (secondary N) is 2. The molecule has 3 amide bonds. The molecule has 1 aromatic carbocycles. The number of benzene rings is 1. The van der Waals surface area contributed by atoms with Gasteiger partial charge in [0, 0.05) is 38.6 Å². The molecule has 0 bridgehead atoms. The van der Waals surface area contributed by atoms with Gasteiger partial charge in [-0.15, -0.1) is 0 Å². The summed E-state index contributed by atoms with van der Waals surface area (Å²) in [5.41, 5.74) is 2.31. The molecule has 0 spiro atoms. The third-order valence-corrected chi connectivity index (χ3v) is 5.51. The molecule has 28 heavy (non-hydrogen) atoms. The maximum atomic E-state index is 12.5. The van der Waals surface area contributed by atoms with Crippen LogP contribution in [0.4, 0.5) is 0 Å². The van der Waals surface area contributed by atoms with Gasteiger partial charge in [0.2, 0.25) is 17.7 Å². The molecule has 0 aromatic heterocycles. The van der Waals surface area contributed by atoms with Gasteiger partial charge in [-0.05, 0) is 31.7 Å². The number of hydrogen-bond donors (Lipinski definition) is 2. The third kappa shape index (κ3) is 5.55. The van der Waals surface area contributed by atoms with Gasteiger partial charge >= 0.3 is 0 Å². The lowest BCUT2D eigenvalue weighted by atomic mass is 10.0. The summed E-state index contributed by atoms with van der Waals surface area (Å²) in [6.45, 7) is 5.18. The highest BCUT2D eigenvalue weighted by atomic mass is 16.2.